The topological polar surface area (TPSA) is 26.3 Å². The van der Waals surface area contributed by atoms with Crippen LogP contribution in [0, 0.1) is 0 Å². The molecule has 2 heterocycles. The lowest BCUT2D eigenvalue weighted by atomic mass is 10.0. The van der Waals surface area contributed by atoms with E-state index >= 15 is 0 Å². The Morgan fingerprint density at radius 1 is 1.00 bits per heavy atom. The van der Waals surface area contributed by atoms with Crippen molar-refractivity contribution in [1.29, 1.82) is 0 Å². The highest BCUT2D eigenvalue weighted by Crippen LogP contribution is 2.35. The molecule has 2 aromatic heterocycles. The molecule has 0 saturated heterocycles. The molecule has 3 heteroatoms. The number of para-hydroxylation sites is 1. The van der Waals surface area contributed by atoms with Crippen LogP contribution in [-0.2, 0) is 0 Å². The predicted octanol–water partition coefficient (Wildman–Crippen LogP) is 4.99. The van der Waals surface area contributed by atoms with Crippen LogP contribution >= 0.6 is 15.9 Å². The molecule has 0 radical (unpaired) electrons. The fraction of sp³-hybridized carbons (Fsp3) is 0.0476. The second kappa shape index (κ2) is 6.17. The van der Waals surface area contributed by atoms with Gasteiger partial charge < -0.3 is 8.83 Å². The Labute approximate surface area is 147 Å². The summed E-state index contributed by atoms with van der Waals surface area (Å²) in [6, 6.07) is 16.2. The Balaban J connectivity index is 2.07. The monoisotopic (exact) mass is 378 g/mol. The van der Waals surface area contributed by atoms with E-state index in [4.69, 9.17) is 8.83 Å². The minimum absolute atomic E-state index is 0.767. The Hall–Kier alpha value is -2.52. The van der Waals surface area contributed by atoms with E-state index in [0.29, 0.717) is 0 Å². The maximum absolute atomic E-state index is 6.10. The molecule has 0 fully saturated rings. The van der Waals surface area contributed by atoms with Crippen molar-refractivity contribution in [3.8, 4) is 11.3 Å². The van der Waals surface area contributed by atoms with Crippen molar-refractivity contribution in [2.45, 2.75) is 0 Å². The maximum atomic E-state index is 6.10. The maximum Gasteiger partial charge on any atom is 0.136 e. The number of halogens is 1. The van der Waals surface area contributed by atoms with Gasteiger partial charge in [-0.15, -0.1) is 0 Å². The molecule has 0 spiro atoms. The lowest BCUT2D eigenvalue weighted by Gasteiger charge is -1.99. The summed E-state index contributed by atoms with van der Waals surface area (Å²) in [5, 5.41) is 3.99. The molecular weight excluding hydrogens is 364 g/mol. The standard InChI is InChI=1S/C21H15BrO2/c1-2-6-17-14(11-12-22)13-20(23-17)16-8-5-10-19-21(16)15-7-3-4-9-18(15)24-19/h2-11,13H,1,12H2/b14-11-,17-6+. The second-order valence-electron chi connectivity index (χ2n) is 5.47. The van der Waals surface area contributed by atoms with Gasteiger partial charge in [0.15, 0.2) is 0 Å². The average Bonchev–Trinajstić information content (AvgIpc) is 3.17. The smallest absolute Gasteiger partial charge is 0.136 e. The highest BCUT2D eigenvalue weighted by atomic mass is 79.9. The van der Waals surface area contributed by atoms with Crippen molar-refractivity contribution >= 4 is 50.0 Å². The van der Waals surface area contributed by atoms with Gasteiger partial charge in [0.25, 0.3) is 0 Å². The van der Waals surface area contributed by atoms with E-state index in [1.54, 1.807) is 6.08 Å². The van der Waals surface area contributed by atoms with Gasteiger partial charge in [-0.1, -0.05) is 65.0 Å². The number of furan rings is 2. The van der Waals surface area contributed by atoms with Crippen molar-refractivity contribution in [2.75, 3.05) is 5.33 Å². The molecule has 4 rings (SSSR count). The number of hydrogen-bond acceptors (Lipinski definition) is 2. The SMILES string of the molecule is C=C/C=c1/oc(-c2cccc3oc4ccccc4c23)c/c1=C/CBr. The van der Waals surface area contributed by atoms with Crippen molar-refractivity contribution in [3.05, 3.63) is 71.8 Å². The molecule has 0 amide bonds. The fourth-order valence-corrected chi connectivity index (χ4v) is 3.36. The normalized spacial score (nSPS) is 13.2. The highest BCUT2D eigenvalue weighted by Gasteiger charge is 2.14. The molecule has 2 aromatic carbocycles. The lowest BCUT2D eigenvalue weighted by molar-refractivity contribution is 0.546. The summed E-state index contributed by atoms with van der Waals surface area (Å²) in [7, 11) is 0. The summed E-state index contributed by atoms with van der Waals surface area (Å²) in [6.45, 7) is 3.77. The first-order valence-corrected chi connectivity index (χ1v) is 8.83. The van der Waals surface area contributed by atoms with E-state index in [-0.39, 0.29) is 0 Å². The van der Waals surface area contributed by atoms with Gasteiger partial charge in [0.2, 0.25) is 0 Å². The van der Waals surface area contributed by atoms with E-state index in [1.165, 1.54) is 0 Å². The molecule has 2 nitrogen and oxygen atoms in total. The number of benzene rings is 2. The van der Waals surface area contributed by atoms with Gasteiger partial charge in [0.05, 0.1) is 0 Å². The van der Waals surface area contributed by atoms with Crippen LogP contribution in [-0.4, -0.2) is 5.33 Å². The summed E-state index contributed by atoms with van der Waals surface area (Å²) >= 11 is 3.45. The molecule has 24 heavy (non-hydrogen) atoms. The third-order valence-electron chi connectivity index (χ3n) is 4.03. The third kappa shape index (κ3) is 2.42. The summed E-state index contributed by atoms with van der Waals surface area (Å²) in [6.07, 6.45) is 5.70. The molecular formula is C21H15BrO2. The number of alkyl halides is 1. The van der Waals surface area contributed by atoms with Crippen molar-refractivity contribution in [3.63, 3.8) is 0 Å². The van der Waals surface area contributed by atoms with Crippen LogP contribution in [0.25, 0.3) is 45.4 Å². The quantitative estimate of drug-likeness (QED) is 0.469. The minimum Gasteiger partial charge on any atom is -0.456 e. The predicted molar refractivity (Wildman–Crippen MR) is 104 cm³/mol. The zero-order valence-corrected chi connectivity index (χ0v) is 14.5. The molecule has 0 bridgehead atoms. The molecule has 0 aliphatic carbocycles. The Morgan fingerprint density at radius 2 is 1.83 bits per heavy atom. The lowest BCUT2D eigenvalue weighted by Crippen LogP contribution is -2.18. The first-order chi connectivity index (χ1) is 11.8. The van der Waals surface area contributed by atoms with Crippen LogP contribution in [0.15, 0.2) is 70.0 Å². The minimum atomic E-state index is 0.767. The summed E-state index contributed by atoms with van der Waals surface area (Å²) in [5.74, 6) is 0.826. The third-order valence-corrected chi connectivity index (χ3v) is 4.35. The van der Waals surface area contributed by atoms with Crippen LogP contribution in [0.5, 0.6) is 0 Å². The van der Waals surface area contributed by atoms with Gasteiger partial charge in [-0.3, -0.25) is 0 Å². The van der Waals surface area contributed by atoms with E-state index in [0.717, 1.165) is 49.2 Å². The van der Waals surface area contributed by atoms with Gasteiger partial charge in [-0.2, -0.15) is 0 Å². The highest BCUT2D eigenvalue weighted by molar-refractivity contribution is 9.09. The van der Waals surface area contributed by atoms with E-state index in [2.05, 4.69) is 46.8 Å². The van der Waals surface area contributed by atoms with E-state index in [9.17, 15) is 0 Å². The molecule has 118 valence electrons. The number of hydrogen-bond donors (Lipinski definition) is 0. The molecule has 0 aliphatic heterocycles. The van der Waals surface area contributed by atoms with Gasteiger partial charge in [0.1, 0.15) is 22.3 Å². The first-order valence-electron chi connectivity index (χ1n) is 7.71. The van der Waals surface area contributed by atoms with Gasteiger partial charge in [-0.25, -0.2) is 0 Å². The number of fused-ring (bicyclic) bond motifs is 3. The van der Waals surface area contributed by atoms with Gasteiger partial charge >= 0.3 is 0 Å². The van der Waals surface area contributed by atoms with Crippen molar-refractivity contribution < 1.29 is 8.83 Å². The van der Waals surface area contributed by atoms with E-state index in [1.807, 2.05) is 36.4 Å². The van der Waals surface area contributed by atoms with Crippen LogP contribution in [0.4, 0.5) is 0 Å². The molecule has 0 unspecified atom stereocenters. The van der Waals surface area contributed by atoms with Gasteiger partial charge in [-0.05, 0) is 24.3 Å². The number of rotatable bonds is 3. The van der Waals surface area contributed by atoms with Crippen molar-refractivity contribution in [2.24, 2.45) is 0 Å². The zero-order valence-electron chi connectivity index (χ0n) is 13.0. The average molecular weight is 379 g/mol. The molecule has 0 N–H and O–H groups in total. The summed E-state index contributed by atoms with van der Waals surface area (Å²) in [4.78, 5) is 0. The molecule has 0 saturated carbocycles. The summed E-state index contributed by atoms with van der Waals surface area (Å²) < 4.78 is 12.1. The fourth-order valence-electron chi connectivity index (χ4n) is 3.01. The molecule has 0 atom stereocenters. The van der Waals surface area contributed by atoms with Crippen LogP contribution in [0.1, 0.15) is 0 Å². The largest absolute Gasteiger partial charge is 0.456 e. The zero-order chi connectivity index (χ0) is 16.5. The molecule has 0 aliphatic rings. The molecule has 4 aromatic rings. The van der Waals surface area contributed by atoms with Crippen LogP contribution in [0.2, 0.25) is 0 Å². The second-order valence-corrected chi connectivity index (χ2v) is 6.12. The number of allylic oxidation sites excluding steroid dienone is 1. The van der Waals surface area contributed by atoms with Crippen LogP contribution < -0.4 is 10.6 Å². The first kappa shape index (κ1) is 15.0. The van der Waals surface area contributed by atoms with E-state index < -0.39 is 0 Å². The van der Waals surface area contributed by atoms with Gasteiger partial charge in [0, 0.05) is 26.9 Å². The van der Waals surface area contributed by atoms with Crippen molar-refractivity contribution in [1.82, 2.24) is 0 Å². The Morgan fingerprint density at radius 3 is 2.67 bits per heavy atom. The Bertz CT molecular complexity index is 1160. The van der Waals surface area contributed by atoms with Crippen LogP contribution in [0.3, 0.4) is 0 Å². The Kier molecular flexibility index (Phi) is 3.87. The summed E-state index contributed by atoms with van der Waals surface area (Å²) in [5.41, 5.74) is 3.59.